The van der Waals surface area contributed by atoms with Crippen molar-refractivity contribution >= 4 is 16.5 Å². The number of hydrogen-bond donors (Lipinski definition) is 1. The van der Waals surface area contributed by atoms with Crippen LogP contribution in [0.2, 0.25) is 0 Å². The smallest absolute Gasteiger partial charge is 0.183 e. The van der Waals surface area contributed by atoms with Crippen LogP contribution in [0.25, 0.3) is 0 Å². The molecule has 0 amide bonds. The van der Waals surface area contributed by atoms with E-state index in [1.54, 1.807) is 11.3 Å². The Hall–Kier alpha value is -0.830. The van der Waals surface area contributed by atoms with Gasteiger partial charge in [-0.3, -0.25) is 0 Å². The first-order chi connectivity index (χ1) is 6.59. The van der Waals surface area contributed by atoms with E-state index in [1.807, 2.05) is 6.20 Å². The fourth-order valence-electron chi connectivity index (χ4n) is 0.978. The zero-order valence-corrected chi connectivity index (χ0v) is 10.1. The largest absolute Gasteiger partial charge is 0.358 e. The fourth-order valence-corrected chi connectivity index (χ4v) is 1.80. The fraction of sp³-hybridized carbons (Fsp3) is 0.545. The second kappa shape index (κ2) is 5.15. The Balaban J connectivity index is 2.48. The van der Waals surface area contributed by atoms with Gasteiger partial charge in [0.1, 0.15) is 0 Å². The molecule has 0 aromatic carbocycles. The van der Waals surface area contributed by atoms with E-state index in [0.29, 0.717) is 5.92 Å². The Morgan fingerprint density at radius 3 is 2.79 bits per heavy atom. The predicted molar refractivity (Wildman–Crippen MR) is 64.1 cm³/mol. The average Bonchev–Trinajstić information content (AvgIpc) is 2.52. The molecule has 0 fully saturated rings. The number of allylic oxidation sites excluding steroid dienone is 1. The Morgan fingerprint density at radius 2 is 2.29 bits per heavy atom. The summed E-state index contributed by atoms with van der Waals surface area (Å²) < 4.78 is 0. The van der Waals surface area contributed by atoms with E-state index in [1.165, 1.54) is 10.5 Å². The molecule has 1 N–H and O–H groups in total. The number of rotatable bonds is 4. The summed E-state index contributed by atoms with van der Waals surface area (Å²) in [5.41, 5.74) is 1.33. The summed E-state index contributed by atoms with van der Waals surface area (Å²) in [6, 6.07) is 0. The van der Waals surface area contributed by atoms with Crippen molar-refractivity contribution in [2.24, 2.45) is 0 Å². The Kier molecular flexibility index (Phi) is 4.14. The molecular weight excluding hydrogens is 192 g/mol. The van der Waals surface area contributed by atoms with Gasteiger partial charge in [0.25, 0.3) is 0 Å². The average molecular weight is 210 g/mol. The second-order valence-electron chi connectivity index (χ2n) is 3.88. The predicted octanol–water partition coefficient (Wildman–Crippen LogP) is 3.64. The van der Waals surface area contributed by atoms with E-state index in [-0.39, 0.29) is 0 Å². The molecule has 3 heteroatoms. The number of anilines is 1. The molecule has 0 aliphatic rings. The topological polar surface area (TPSA) is 24.9 Å². The van der Waals surface area contributed by atoms with Crippen molar-refractivity contribution in [1.82, 2.24) is 4.98 Å². The maximum Gasteiger partial charge on any atom is 0.183 e. The molecule has 0 saturated carbocycles. The molecule has 0 atom stereocenters. The number of aromatic nitrogens is 1. The zero-order chi connectivity index (χ0) is 10.6. The summed E-state index contributed by atoms with van der Waals surface area (Å²) in [4.78, 5) is 5.65. The van der Waals surface area contributed by atoms with Gasteiger partial charge in [-0.25, -0.2) is 4.98 Å². The first-order valence-corrected chi connectivity index (χ1v) is 5.74. The first-order valence-electron chi connectivity index (χ1n) is 4.92. The molecule has 2 nitrogen and oxygen atoms in total. The molecule has 0 unspecified atom stereocenters. The van der Waals surface area contributed by atoms with Gasteiger partial charge in [0.05, 0.1) is 0 Å². The lowest BCUT2D eigenvalue weighted by atomic mass is 10.2. The summed E-state index contributed by atoms with van der Waals surface area (Å²) in [5.74, 6) is 0.575. The van der Waals surface area contributed by atoms with E-state index in [9.17, 15) is 0 Å². The minimum Gasteiger partial charge on any atom is -0.358 e. The quantitative estimate of drug-likeness (QED) is 0.767. The van der Waals surface area contributed by atoms with Gasteiger partial charge >= 0.3 is 0 Å². The van der Waals surface area contributed by atoms with Crippen LogP contribution in [-0.2, 0) is 0 Å². The normalized spacial score (nSPS) is 10.4. The molecule has 14 heavy (non-hydrogen) atoms. The molecule has 0 bridgehead atoms. The van der Waals surface area contributed by atoms with Crippen molar-refractivity contribution in [3.8, 4) is 0 Å². The van der Waals surface area contributed by atoms with E-state index in [2.05, 4.69) is 44.1 Å². The summed E-state index contributed by atoms with van der Waals surface area (Å²) in [6.45, 7) is 9.44. The van der Waals surface area contributed by atoms with Crippen molar-refractivity contribution in [2.75, 3.05) is 11.9 Å². The lowest BCUT2D eigenvalue weighted by molar-refractivity contribution is 0.885. The van der Waals surface area contributed by atoms with Gasteiger partial charge in [-0.2, -0.15) is 0 Å². The highest BCUT2D eigenvalue weighted by molar-refractivity contribution is 7.15. The molecule has 1 heterocycles. The van der Waals surface area contributed by atoms with E-state index < -0.39 is 0 Å². The van der Waals surface area contributed by atoms with Gasteiger partial charge in [0.2, 0.25) is 0 Å². The van der Waals surface area contributed by atoms with Crippen molar-refractivity contribution in [3.05, 3.63) is 22.7 Å². The lowest BCUT2D eigenvalue weighted by Crippen LogP contribution is -1.97. The second-order valence-corrected chi connectivity index (χ2v) is 4.95. The minimum atomic E-state index is 0.575. The van der Waals surface area contributed by atoms with Crippen LogP contribution in [0.5, 0.6) is 0 Å². The van der Waals surface area contributed by atoms with Gasteiger partial charge in [0.15, 0.2) is 5.13 Å². The Morgan fingerprint density at radius 1 is 1.57 bits per heavy atom. The van der Waals surface area contributed by atoms with Crippen LogP contribution in [0.1, 0.15) is 38.5 Å². The highest BCUT2D eigenvalue weighted by Crippen LogP contribution is 2.24. The minimum absolute atomic E-state index is 0.575. The van der Waals surface area contributed by atoms with Crippen molar-refractivity contribution in [2.45, 2.75) is 33.6 Å². The standard InChI is InChI=1S/C11H18N2S/c1-8(2)5-6-12-11-13-7-10(14-11)9(3)4/h5,7,9H,6H2,1-4H3,(H,12,13). The van der Waals surface area contributed by atoms with Crippen LogP contribution >= 0.6 is 11.3 Å². The molecule has 1 rings (SSSR count). The van der Waals surface area contributed by atoms with Gasteiger partial charge < -0.3 is 5.32 Å². The van der Waals surface area contributed by atoms with Gasteiger partial charge in [-0.15, -0.1) is 11.3 Å². The number of nitrogens with one attached hydrogen (secondary N) is 1. The maximum absolute atomic E-state index is 4.31. The van der Waals surface area contributed by atoms with Crippen LogP contribution in [0, 0.1) is 0 Å². The molecule has 0 aliphatic heterocycles. The molecule has 78 valence electrons. The van der Waals surface area contributed by atoms with Crippen LogP contribution in [0.4, 0.5) is 5.13 Å². The SMILES string of the molecule is CC(C)=CCNc1ncc(C(C)C)s1. The number of nitrogens with zero attached hydrogens (tertiary/aromatic N) is 1. The highest BCUT2D eigenvalue weighted by Gasteiger charge is 2.03. The summed E-state index contributed by atoms with van der Waals surface area (Å²) in [7, 11) is 0. The van der Waals surface area contributed by atoms with E-state index >= 15 is 0 Å². The number of thiazole rings is 1. The Labute approximate surface area is 90.1 Å². The molecule has 0 saturated heterocycles. The third-order valence-electron chi connectivity index (χ3n) is 1.86. The van der Waals surface area contributed by atoms with Crippen molar-refractivity contribution in [3.63, 3.8) is 0 Å². The van der Waals surface area contributed by atoms with Crippen molar-refractivity contribution < 1.29 is 0 Å². The van der Waals surface area contributed by atoms with Crippen LogP contribution < -0.4 is 5.32 Å². The van der Waals surface area contributed by atoms with Crippen molar-refractivity contribution in [1.29, 1.82) is 0 Å². The summed E-state index contributed by atoms with van der Waals surface area (Å²) in [5, 5.41) is 4.30. The molecule has 0 spiro atoms. The molecule has 0 aliphatic carbocycles. The van der Waals surface area contributed by atoms with Gasteiger partial charge in [-0.1, -0.05) is 25.5 Å². The first kappa shape index (κ1) is 11.2. The highest BCUT2D eigenvalue weighted by atomic mass is 32.1. The van der Waals surface area contributed by atoms with E-state index in [4.69, 9.17) is 0 Å². The van der Waals surface area contributed by atoms with Gasteiger partial charge in [-0.05, 0) is 19.8 Å². The van der Waals surface area contributed by atoms with Gasteiger partial charge in [0, 0.05) is 17.6 Å². The number of hydrogen-bond acceptors (Lipinski definition) is 3. The van der Waals surface area contributed by atoms with Crippen LogP contribution in [-0.4, -0.2) is 11.5 Å². The summed E-state index contributed by atoms with van der Waals surface area (Å²) >= 11 is 1.74. The molecule has 0 radical (unpaired) electrons. The monoisotopic (exact) mass is 210 g/mol. The van der Waals surface area contributed by atoms with E-state index in [0.717, 1.165) is 11.7 Å². The van der Waals surface area contributed by atoms with Crippen LogP contribution in [0.3, 0.4) is 0 Å². The third-order valence-corrected chi connectivity index (χ3v) is 3.11. The summed E-state index contributed by atoms with van der Waals surface area (Å²) in [6.07, 6.45) is 4.12. The Bertz CT molecular complexity index is 309. The molecule has 1 aromatic heterocycles. The third kappa shape index (κ3) is 3.50. The molecular formula is C11H18N2S. The zero-order valence-electron chi connectivity index (χ0n) is 9.29. The maximum atomic E-state index is 4.31. The van der Waals surface area contributed by atoms with Crippen LogP contribution in [0.15, 0.2) is 17.8 Å². The molecule has 1 aromatic rings. The lowest BCUT2D eigenvalue weighted by Gasteiger charge is -1.98.